The van der Waals surface area contributed by atoms with Crippen LogP contribution >= 0.6 is 0 Å². The number of nitrogens with zero attached hydrogens (tertiary/aromatic N) is 1. The topological polar surface area (TPSA) is 17.0 Å². The number of hydrogen-bond acceptors (Lipinski definition) is 1. The normalized spacial score (nSPS) is 26.0. The first-order chi connectivity index (χ1) is 8.74. The van der Waals surface area contributed by atoms with Crippen LogP contribution in [0.2, 0.25) is 0 Å². The molecule has 1 N–H and O–H groups in total. The molecule has 2 aromatic rings. The maximum Gasteiger partial charge on any atom is 0.0560 e. The van der Waals surface area contributed by atoms with E-state index in [2.05, 4.69) is 54.2 Å². The van der Waals surface area contributed by atoms with Gasteiger partial charge in [0.2, 0.25) is 0 Å². The Balaban J connectivity index is 2.05. The highest BCUT2D eigenvalue weighted by Crippen LogP contribution is 2.36. The highest BCUT2D eigenvalue weighted by molar-refractivity contribution is 5.96. The summed E-state index contributed by atoms with van der Waals surface area (Å²) < 4.78 is 2.42. The summed E-state index contributed by atoms with van der Waals surface area (Å²) in [4.78, 5) is 0. The minimum atomic E-state index is 0.492. The molecule has 18 heavy (non-hydrogen) atoms. The molecule has 2 atom stereocenters. The molecule has 0 aliphatic carbocycles. The predicted molar refractivity (Wildman–Crippen MR) is 75.6 cm³/mol. The van der Waals surface area contributed by atoms with Gasteiger partial charge in [-0.15, -0.1) is 0 Å². The molecule has 92 valence electrons. The van der Waals surface area contributed by atoms with Gasteiger partial charge in [-0.3, -0.25) is 0 Å². The number of para-hydroxylation sites is 1. The second kappa shape index (κ2) is 3.48. The summed E-state index contributed by atoms with van der Waals surface area (Å²) in [6, 6.07) is 7.20. The second-order valence-electron chi connectivity index (χ2n) is 5.73. The summed E-state index contributed by atoms with van der Waals surface area (Å²) in [6.07, 6.45) is 4.76. The van der Waals surface area contributed by atoms with Crippen molar-refractivity contribution in [2.75, 3.05) is 6.54 Å². The molecular formula is C16H18N2. The molecule has 2 heteroatoms. The highest BCUT2D eigenvalue weighted by Gasteiger charge is 2.28. The van der Waals surface area contributed by atoms with Crippen LogP contribution in [-0.4, -0.2) is 17.2 Å². The first-order valence-corrected chi connectivity index (χ1v) is 6.78. The molecule has 1 aromatic heterocycles. The Hall–Kier alpha value is -1.54. The van der Waals surface area contributed by atoms with Crippen molar-refractivity contribution in [1.29, 1.82) is 0 Å². The van der Waals surface area contributed by atoms with E-state index >= 15 is 0 Å². The third kappa shape index (κ3) is 1.27. The van der Waals surface area contributed by atoms with Gasteiger partial charge >= 0.3 is 0 Å². The molecule has 0 saturated heterocycles. The quantitative estimate of drug-likeness (QED) is 0.746. The third-order valence-electron chi connectivity index (χ3n) is 4.31. The fourth-order valence-corrected chi connectivity index (χ4v) is 3.47. The third-order valence-corrected chi connectivity index (χ3v) is 4.31. The van der Waals surface area contributed by atoms with Crippen LogP contribution in [0.4, 0.5) is 0 Å². The maximum absolute atomic E-state index is 3.67. The average Bonchev–Trinajstić information content (AvgIpc) is 2.69. The summed E-state index contributed by atoms with van der Waals surface area (Å²) in [5.41, 5.74) is 5.74. The summed E-state index contributed by atoms with van der Waals surface area (Å²) in [5, 5.41) is 5.08. The van der Waals surface area contributed by atoms with Crippen LogP contribution in [0.15, 0.2) is 30.5 Å². The van der Waals surface area contributed by atoms with Gasteiger partial charge in [-0.1, -0.05) is 31.2 Å². The van der Waals surface area contributed by atoms with Crippen LogP contribution in [-0.2, 0) is 6.54 Å². The molecule has 2 aliphatic rings. The average molecular weight is 238 g/mol. The molecule has 1 aromatic carbocycles. The van der Waals surface area contributed by atoms with Crippen molar-refractivity contribution in [2.24, 2.45) is 5.92 Å². The number of rotatable bonds is 0. The van der Waals surface area contributed by atoms with Crippen LogP contribution in [0, 0.1) is 12.8 Å². The number of nitrogens with one attached hydrogen (secondary N) is 1. The number of fused-ring (bicyclic) bond motifs is 2. The molecule has 0 bridgehead atoms. The Morgan fingerprint density at radius 1 is 1.33 bits per heavy atom. The van der Waals surface area contributed by atoms with Crippen LogP contribution in [0.25, 0.3) is 16.5 Å². The van der Waals surface area contributed by atoms with E-state index in [0.717, 1.165) is 13.1 Å². The molecule has 0 saturated carbocycles. The Labute approximate surface area is 107 Å². The van der Waals surface area contributed by atoms with Crippen molar-refractivity contribution in [1.82, 2.24) is 9.88 Å². The van der Waals surface area contributed by atoms with E-state index in [4.69, 9.17) is 0 Å². The Kier molecular flexibility index (Phi) is 2.01. The van der Waals surface area contributed by atoms with Gasteiger partial charge in [-0.2, -0.15) is 0 Å². The number of benzene rings is 1. The summed E-state index contributed by atoms with van der Waals surface area (Å²) in [5.74, 6) is 0.633. The van der Waals surface area contributed by atoms with Crippen molar-refractivity contribution >= 4 is 16.5 Å². The molecule has 0 spiro atoms. The van der Waals surface area contributed by atoms with Gasteiger partial charge in [0, 0.05) is 30.2 Å². The second-order valence-corrected chi connectivity index (χ2v) is 5.73. The first-order valence-electron chi connectivity index (χ1n) is 6.78. The molecule has 2 aliphatic heterocycles. The first kappa shape index (κ1) is 10.4. The molecule has 0 fully saturated rings. The zero-order chi connectivity index (χ0) is 12.3. The molecular weight excluding hydrogens is 220 g/mol. The standard InChI is InChI=1S/C16H18N2/c1-10-6-14-13-5-3-4-12-11(2)8-18(16(12)13)9-15(14)17-7-10/h3-6,8,10,15,17H,7,9H2,1-2H3. The van der Waals surface area contributed by atoms with Crippen LogP contribution in [0.3, 0.4) is 0 Å². The number of aromatic nitrogens is 1. The Morgan fingerprint density at radius 3 is 3.11 bits per heavy atom. The molecule has 3 heterocycles. The minimum absolute atomic E-state index is 0.492. The van der Waals surface area contributed by atoms with E-state index in [1.54, 1.807) is 0 Å². The highest BCUT2D eigenvalue weighted by atomic mass is 15.1. The van der Waals surface area contributed by atoms with Gasteiger partial charge in [0.05, 0.1) is 11.6 Å². The van der Waals surface area contributed by atoms with E-state index < -0.39 is 0 Å². The molecule has 0 amide bonds. The molecule has 2 nitrogen and oxygen atoms in total. The van der Waals surface area contributed by atoms with Gasteiger partial charge in [0.1, 0.15) is 0 Å². The Bertz CT molecular complexity index is 663. The van der Waals surface area contributed by atoms with Gasteiger partial charge in [0.25, 0.3) is 0 Å². The summed E-state index contributed by atoms with van der Waals surface area (Å²) in [7, 11) is 0. The van der Waals surface area contributed by atoms with Gasteiger partial charge in [-0.25, -0.2) is 0 Å². The monoisotopic (exact) mass is 238 g/mol. The minimum Gasteiger partial charge on any atom is -0.345 e. The van der Waals surface area contributed by atoms with Crippen molar-refractivity contribution in [3.05, 3.63) is 41.6 Å². The van der Waals surface area contributed by atoms with E-state index in [1.165, 1.54) is 27.6 Å². The van der Waals surface area contributed by atoms with Crippen molar-refractivity contribution in [3.63, 3.8) is 0 Å². The fourth-order valence-electron chi connectivity index (χ4n) is 3.47. The lowest BCUT2D eigenvalue weighted by atomic mass is 9.87. The van der Waals surface area contributed by atoms with E-state index in [0.29, 0.717) is 12.0 Å². The summed E-state index contributed by atoms with van der Waals surface area (Å²) in [6.45, 7) is 6.66. The molecule has 2 unspecified atom stereocenters. The van der Waals surface area contributed by atoms with Crippen molar-refractivity contribution in [3.8, 4) is 0 Å². The van der Waals surface area contributed by atoms with Crippen LogP contribution < -0.4 is 5.32 Å². The van der Waals surface area contributed by atoms with Gasteiger partial charge in [0.15, 0.2) is 0 Å². The predicted octanol–water partition coefficient (Wildman–Crippen LogP) is 2.95. The molecule has 0 radical (unpaired) electrons. The lowest BCUT2D eigenvalue weighted by Gasteiger charge is -2.33. The lowest BCUT2D eigenvalue weighted by molar-refractivity contribution is 0.472. The van der Waals surface area contributed by atoms with Gasteiger partial charge < -0.3 is 9.88 Å². The maximum atomic E-state index is 3.67. The SMILES string of the molecule is Cc1cn2c3c(cccc13)C1=CC(C)CNC1C2. The van der Waals surface area contributed by atoms with E-state index in [-0.39, 0.29) is 0 Å². The number of hydrogen-bond donors (Lipinski definition) is 1. The van der Waals surface area contributed by atoms with Crippen LogP contribution in [0.5, 0.6) is 0 Å². The van der Waals surface area contributed by atoms with Crippen LogP contribution in [0.1, 0.15) is 18.1 Å². The Morgan fingerprint density at radius 2 is 2.22 bits per heavy atom. The number of aryl methyl sites for hydroxylation is 1. The molecule has 4 rings (SSSR count). The van der Waals surface area contributed by atoms with Gasteiger partial charge in [-0.05, 0) is 24.0 Å². The van der Waals surface area contributed by atoms with E-state index in [1.807, 2.05) is 0 Å². The lowest BCUT2D eigenvalue weighted by Crippen LogP contribution is -2.42. The van der Waals surface area contributed by atoms with Crippen molar-refractivity contribution in [2.45, 2.75) is 26.4 Å². The van der Waals surface area contributed by atoms with E-state index in [9.17, 15) is 0 Å². The van der Waals surface area contributed by atoms with Crippen molar-refractivity contribution < 1.29 is 0 Å². The largest absolute Gasteiger partial charge is 0.345 e. The zero-order valence-electron chi connectivity index (χ0n) is 10.9. The smallest absolute Gasteiger partial charge is 0.0560 e. The summed E-state index contributed by atoms with van der Waals surface area (Å²) >= 11 is 0. The fraction of sp³-hybridized carbons (Fsp3) is 0.375. The zero-order valence-corrected chi connectivity index (χ0v) is 10.9.